The van der Waals surface area contributed by atoms with Crippen molar-refractivity contribution in [1.82, 2.24) is 15.0 Å². The van der Waals surface area contributed by atoms with E-state index in [-0.39, 0.29) is 34.3 Å². The highest BCUT2D eigenvalue weighted by atomic mass is 19.2. The maximum Gasteiger partial charge on any atom is 0.220 e. The number of pyridine rings is 1. The van der Waals surface area contributed by atoms with Crippen molar-refractivity contribution in [2.24, 2.45) is 0 Å². The van der Waals surface area contributed by atoms with E-state index in [1.54, 1.807) is 13.0 Å². The van der Waals surface area contributed by atoms with Crippen LogP contribution in [0.3, 0.4) is 0 Å². The summed E-state index contributed by atoms with van der Waals surface area (Å²) in [5.41, 5.74) is 6.35. The first-order valence-corrected chi connectivity index (χ1v) is 6.85. The second kappa shape index (κ2) is 5.73. The fraction of sp³-hybridized carbons (Fsp3) is 0.0625. The molecule has 2 heterocycles. The average Bonchev–Trinajstić information content (AvgIpc) is 2.53. The number of nitrogen functional groups attached to an aromatic ring is 1. The van der Waals surface area contributed by atoms with Gasteiger partial charge in [0.1, 0.15) is 11.4 Å². The van der Waals surface area contributed by atoms with Crippen LogP contribution in [0.5, 0.6) is 11.5 Å². The number of hydrogen-bond acceptors (Lipinski definition) is 6. The lowest BCUT2D eigenvalue weighted by Crippen LogP contribution is -2.00. The fourth-order valence-corrected chi connectivity index (χ4v) is 2.24. The van der Waals surface area contributed by atoms with Crippen molar-refractivity contribution in [2.75, 3.05) is 5.73 Å². The zero-order valence-corrected chi connectivity index (χ0v) is 12.5. The van der Waals surface area contributed by atoms with Crippen LogP contribution in [0.2, 0.25) is 0 Å². The van der Waals surface area contributed by atoms with Gasteiger partial charge in [-0.25, -0.2) is 19.3 Å². The third-order valence-corrected chi connectivity index (χ3v) is 3.33. The number of phenolic OH excluding ortho intramolecular Hbond substituents is 1. The number of aromatic nitrogens is 3. The van der Waals surface area contributed by atoms with Gasteiger partial charge >= 0.3 is 0 Å². The highest BCUT2D eigenvalue weighted by molar-refractivity contribution is 5.70. The number of halogens is 2. The van der Waals surface area contributed by atoms with E-state index in [1.807, 2.05) is 0 Å². The summed E-state index contributed by atoms with van der Waals surface area (Å²) in [6.07, 6.45) is 0. The molecule has 0 atom stereocenters. The maximum absolute atomic E-state index is 14.0. The minimum Gasteiger partial charge on any atom is -0.506 e. The smallest absolute Gasteiger partial charge is 0.220 e. The third-order valence-electron chi connectivity index (χ3n) is 3.33. The van der Waals surface area contributed by atoms with Gasteiger partial charge in [-0.15, -0.1) is 0 Å². The largest absolute Gasteiger partial charge is 0.506 e. The number of anilines is 1. The SMILES string of the molecule is Cc1cc(-c2nc(-c3ccc(O)c(F)c3F)ccc2O)nc(N)n1. The molecule has 122 valence electrons. The molecule has 3 rings (SSSR count). The topological polar surface area (TPSA) is 105 Å². The van der Waals surface area contributed by atoms with Crippen molar-refractivity contribution in [1.29, 1.82) is 0 Å². The van der Waals surface area contributed by atoms with Crippen LogP contribution in [0, 0.1) is 18.6 Å². The zero-order chi connectivity index (χ0) is 17.4. The van der Waals surface area contributed by atoms with Gasteiger partial charge < -0.3 is 15.9 Å². The molecule has 24 heavy (non-hydrogen) atoms. The van der Waals surface area contributed by atoms with Crippen molar-refractivity contribution >= 4 is 5.95 Å². The van der Waals surface area contributed by atoms with E-state index in [1.165, 1.54) is 18.2 Å². The van der Waals surface area contributed by atoms with Crippen LogP contribution >= 0.6 is 0 Å². The minimum absolute atomic E-state index is 0.00142. The van der Waals surface area contributed by atoms with Crippen molar-refractivity contribution in [3.63, 3.8) is 0 Å². The molecule has 4 N–H and O–H groups in total. The number of aryl methyl sites for hydroxylation is 1. The Labute approximate surface area is 135 Å². The lowest BCUT2D eigenvalue weighted by atomic mass is 10.1. The molecule has 0 amide bonds. The van der Waals surface area contributed by atoms with Gasteiger partial charge in [0.2, 0.25) is 11.8 Å². The summed E-state index contributed by atoms with van der Waals surface area (Å²) in [4.78, 5) is 12.1. The number of nitrogens with two attached hydrogens (primary N) is 1. The Bertz CT molecular complexity index is 927. The van der Waals surface area contributed by atoms with E-state index in [0.717, 1.165) is 6.07 Å². The van der Waals surface area contributed by atoms with E-state index in [4.69, 9.17) is 5.73 Å². The first-order chi connectivity index (χ1) is 11.4. The van der Waals surface area contributed by atoms with Crippen molar-refractivity contribution in [2.45, 2.75) is 6.92 Å². The molecule has 0 spiro atoms. The zero-order valence-electron chi connectivity index (χ0n) is 12.5. The summed E-state index contributed by atoms with van der Waals surface area (Å²) in [6, 6.07) is 6.38. The second-order valence-corrected chi connectivity index (χ2v) is 5.08. The molecule has 0 unspecified atom stereocenters. The molecule has 8 heteroatoms. The Morgan fingerprint density at radius 1 is 0.875 bits per heavy atom. The number of benzene rings is 1. The molecule has 6 nitrogen and oxygen atoms in total. The molecule has 0 saturated carbocycles. The van der Waals surface area contributed by atoms with Gasteiger partial charge in [-0.2, -0.15) is 4.39 Å². The monoisotopic (exact) mass is 330 g/mol. The van der Waals surface area contributed by atoms with Crippen LogP contribution in [0.15, 0.2) is 30.3 Å². The molecule has 3 aromatic rings. The standard InChI is InChI=1S/C16H12F2N4O2/c1-7-6-10(22-16(19)20-7)15-12(24)5-3-9(21-15)8-2-4-11(23)14(18)13(8)17/h2-6,23-24H,1H3,(H2,19,20,22). The molecular weight excluding hydrogens is 318 g/mol. The van der Waals surface area contributed by atoms with Crippen LogP contribution in [0.4, 0.5) is 14.7 Å². The van der Waals surface area contributed by atoms with Crippen LogP contribution in [0.1, 0.15) is 5.69 Å². The molecule has 0 aliphatic rings. The van der Waals surface area contributed by atoms with Gasteiger partial charge in [-0.05, 0) is 37.3 Å². The van der Waals surface area contributed by atoms with Crippen molar-refractivity contribution in [3.8, 4) is 34.1 Å². The Kier molecular flexibility index (Phi) is 3.72. The first kappa shape index (κ1) is 15.6. The molecular formula is C16H12F2N4O2. The predicted molar refractivity (Wildman–Crippen MR) is 83.1 cm³/mol. The highest BCUT2D eigenvalue weighted by Gasteiger charge is 2.17. The van der Waals surface area contributed by atoms with E-state index in [0.29, 0.717) is 5.69 Å². The fourth-order valence-electron chi connectivity index (χ4n) is 2.24. The van der Waals surface area contributed by atoms with E-state index in [2.05, 4.69) is 15.0 Å². The first-order valence-electron chi connectivity index (χ1n) is 6.85. The lowest BCUT2D eigenvalue weighted by molar-refractivity contribution is 0.408. The van der Waals surface area contributed by atoms with Gasteiger partial charge in [0, 0.05) is 11.3 Å². The molecule has 1 aromatic carbocycles. The van der Waals surface area contributed by atoms with Gasteiger partial charge in [0.15, 0.2) is 11.6 Å². The summed E-state index contributed by atoms with van der Waals surface area (Å²) in [5, 5.41) is 19.2. The van der Waals surface area contributed by atoms with E-state index >= 15 is 0 Å². The summed E-state index contributed by atoms with van der Waals surface area (Å²) in [5.74, 6) is -3.60. The predicted octanol–water partition coefficient (Wildman–Crippen LogP) is 2.79. The van der Waals surface area contributed by atoms with Crippen LogP contribution in [-0.2, 0) is 0 Å². The van der Waals surface area contributed by atoms with Crippen molar-refractivity contribution < 1.29 is 19.0 Å². The number of rotatable bonds is 2. The van der Waals surface area contributed by atoms with Crippen LogP contribution in [0.25, 0.3) is 22.6 Å². The van der Waals surface area contributed by atoms with Gasteiger partial charge in [0.05, 0.1) is 11.4 Å². The van der Waals surface area contributed by atoms with Crippen LogP contribution in [-0.4, -0.2) is 25.2 Å². The Balaban J connectivity index is 2.18. The highest BCUT2D eigenvalue weighted by Crippen LogP contribution is 2.32. The number of phenols is 1. The number of aromatic hydroxyl groups is 2. The maximum atomic E-state index is 14.0. The molecule has 0 saturated heterocycles. The van der Waals surface area contributed by atoms with E-state index in [9.17, 15) is 19.0 Å². The Morgan fingerprint density at radius 2 is 1.58 bits per heavy atom. The summed E-state index contributed by atoms with van der Waals surface area (Å²) in [7, 11) is 0. The lowest BCUT2D eigenvalue weighted by Gasteiger charge is -2.09. The van der Waals surface area contributed by atoms with Crippen LogP contribution < -0.4 is 5.73 Å². The van der Waals surface area contributed by atoms with Gasteiger partial charge in [-0.3, -0.25) is 0 Å². The Morgan fingerprint density at radius 3 is 2.29 bits per heavy atom. The quantitative estimate of drug-likeness (QED) is 0.667. The minimum atomic E-state index is -1.37. The van der Waals surface area contributed by atoms with Gasteiger partial charge in [-0.1, -0.05) is 0 Å². The van der Waals surface area contributed by atoms with E-state index < -0.39 is 17.4 Å². The number of hydrogen-bond donors (Lipinski definition) is 3. The normalized spacial score (nSPS) is 10.8. The molecule has 0 bridgehead atoms. The molecule has 2 aromatic heterocycles. The summed E-state index contributed by atoms with van der Waals surface area (Å²) < 4.78 is 27.6. The summed E-state index contributed by atoms with van der Waals surface area (Å²) in [6.45, 7) is 1.69. The average molecular weight is 330 g/mol. The van der Waals surface area contributed by atoms with Crippen molar-refractivity contribution in [3.05, 3.63) is 47.7 Å². The molecule has 0 aliphatic heterocycles. The molecule has 0 fully saturated rings. The summed E-state index contributed by atoms with van der Waals surface area (Å²) >= 11 is 0. The van der Waals surface area contributed by atoms with Gasteiger partial charge in [0.25, 0.3) is 0 Å². The second-order valence-electron chi connectivity index (χ2n) is 5.08. The third kappa shape index (κ3) is 2.69. The number of nitrogens with zero attached hydrogens (tertiary/aromatic N) is 3. The molecule has 0 radical (unpaired) electrons. The Hall–Kier alpha value is -3.29. The molecule has 0 aliphatic carbocycles.